The van der Waals surface area contributed by atoms with Crippen LogP contribution in [-0.2, 0) is 0 Å². The molecule has 0 fully saturated rings. The lowest BCUT2D eigenvalue weighted by Gasteiger charge is -2.26. The molecule has 0 N–H and O–H groups in total. The zero-order chi connectivity index (χ0) is 26.3. The third-order valence-corrected chi connectivity index (χ3v) is 7.16. The maximum atomic E-state index is 14.0. The predicted octanol–water partition coefficient (Wildman–Crippen LogP) is 7.11. The van der Waals surface area contributed by atoms with E-state index in [-0.39, 0.29) is 17.1 Å². The van der Waals surface area contributed by atoms with Gasteiger partial charge in [0, 0.05) is 10.2 Å². The van der Waals surface area contributed by atoms with Crippen LogP contribution in [0.15, 0.2) is 68.3 Å². The van der Waals surface area contributed by atoms with Gasteiger partial charge < -0.3 is 13.9 Å². The summed E-state index contributed by atoms with van der Waals surface area (Å²) in [5.74, 6) is 0.910. The highest BCUT2D eigenvalue weighted by Gasteiger charge is 2.44. The van der Waals surface area contributed by atoms with E-state index in [1.807, 2.05) is 82.3 Å². The molecule has 0 saturated heterocycles. The summed E-state index contributed by atoms with van der Waals surface area (Å²) in [5, 5.41) is 0.463. The number of anilines is 1. The van der Waals surface area contributed by atoms with E-state index >= 15 is 0 Å². The second-order valence-corrected chi connectivity index (χ2v) is 10.1. The summed E-state index contributed by atoms with van der Waals surface area (Å²) >= 11 is 3.47. The van der Waals surface area contributed by atoms with E-state index in [0.29, 0.717) is 46.9 Å². The minimum atomic E-state index is -0.689. The number of amides is 1. The Balaban J connectivity index is 1.76. The lowest BCUT2D eigenvalue weighted by atomic mass is 9.97. The van der Waals surface area contributed by atoms with Crippen LogP contribution in [0.25, 0.3) is 11.0 Å². The maximum absolute atomic E-state index is 14.0. The van der Waals surface area contributed by atoms with Gasteiger partial charge in [-0.2, -0.15) is 0 Å². The highest BCUT2D eigenvalue weighted by molar-refractivity contribution is 9.10. The van der Waals surface area contributed by atoms with Crippen molar-refractivity contribution < 1.29 is 18.7 Å². The summed E-state index contributed by atoms with van der Waals surface area (Å²) in [6, 6.07) is 16.0. The molecule has 3 aromatic carbocycles. The molecule has 6 nitrogen and oxygen atoms in total. The molecular weight excluding hydrogens is 534 g/mol. The maximum Gasteiger partial charge on any atom is 0.295 e. The van der Waals surface area contributed by atoms with Crippen molar-refractivity contribution in [2.75, 3.05) is 18.1 Å². The van der Waals surface area contributed by atoms with Gasteiger partial charge in [0.2, 0.25) is 5.76 Å². The molecule has 190 valence electrons. The molecule has 0 saturated carbocycles. The first kappa shape index (κ1) is 25.1. The van der Waals surface area contributed by atoms with Crippen LogP contribution in [0.1, 0.15) is 59.1 Å². The minimum absolute atomic E-state index is 0.0675. The smallest absolute Gasteiger partial charge is 0.295 e. The van der Waals surface area contributed by atoms with Crippen molar-refractivity contribution in [1.82, 2.24) is 0 Å². The zero-order valence-corrected chi connectivity index (χ0v) is 22.8. The van der Waals surface area contributed by atoms with Crippen molar-refractivity contribution in [2.45, 2.75) is 40.2 Å². The van der Waals surface area contributed by atoms with E-state index in [0.717, 1.165) is 27.6 Å². The molecular formula is C30H28BrNO5. The topological polar surface area (TPSA) is 69.0 Å². The third-order valence-electron chi connectivity index (χ3n) is 6.64. The molecule has 1 aromatic heterocycles. The molecule has 7 heteroatoms. The van der Waals surface area contributed by atoms with E-state index in [4.69, 9.17) is 13.9 Å². The first-order valence-electron chi connectivity index (χ1n) is 12.4. The summed E-state index contributed by atoms with van der Waals surface area (Å²) in [6.07, 6.45) is 0.863. The Kier molecular flexibility index (Phi) is 6.82. The second-order valence-electron chi connectivity index (χ2n) is 9.15. The Morgan fingerprint density at radius 2 is 1.65 bits per heavy atom. The summed E-state index contributed by atoms with van der Waals surface area (Å²) < 4.78 is 18.8. The Hall–Kier alpha value is -3.58. The second kappa shape index (κ2) is 10.1. The third kappa shape index (κ3) is 4.42. The summed E-state index contributed by atoms with van der Waals surface area (Å²) in [4.78, 5) is 29.4. The molecule has 1 atom stereocenters. The van der Waals surface area contributed by atoms with Gasteiger partial charge in [0.1, 0.15) is 5.58 Å². The fourth-order valence-electron chi connectivity index (χ4n) is 4.71. The molecule has 1 aliphatic heterocycles. The fourth-order valence-corrected chi connectivity index (χ4v) is 4.97. The summed E-state index contributed by atoms with van der Waals surface area (Å²) in [7, 11) is 0. The highest BCUT2D eigenvalue weighted by atomic mass is 79.9. The quantitative estimate of drug-likeness (QED) is 0.240. The first-order valence-corrected chi connectivity index (χ1v) is 13.2. The van der Waals surface area contributed by atoms with Crippen molar-refractivity contribution in [3.63, 3.8) is 0 Å². The van der Waals surface area contributed by atoms with Gasteiger partial charge in [0.25, 0.3) is 5.91 Å². The van der Waals surface area contributed by atoms with Gasteiger partial charge in [-0.05, 0) is 92.4 Å². The Bertz CT molecular complexity index is 1560. The lowest BCUT2D eigenvalue weighted by Crippen LogP contribution is -2.29. The van der Waals surface area contributed by atoms with Crippen molar-refractivity contribution >= 4 is 38.5 Å². The molecule has 0 bridgehead atoms. The van der Waals surface area contributed by atoms with Crippen LogP contribution in [-0.4, -0.2) is 19.1 Å². The van der Waals surface area contributed by atoms with E-state index in [1.165, 1.54) is 0 Å². The molecule has 1 aliphatic rings. The van der Waals surface area contributed by atoms with Crippen molar-refractivity contribution in [3.05, 3.63) is 97.3 Å². The number of carbonyl (C=O) groups excluding carboxylic acids is 1. The predicted molar refractivity (Wildman–Crippen MR) is 148 cm³/mol. The van der Waals surface area contributed by atoms with Crippen LogP contribution < -0.4 is 19.8 Å². The van der Waals surface area contributed by atoms with Crippen LogP contribution in [0, 0.1) is 13.8 Å². The van der Waals surface area contributed by atoms with Crippen LogP contribution in [0.2, 0.25) is 0 Å². The summed E-state index contributed by atoms with van der Waals surface area (Å²) in [5.41, 5.74) is 3.90. The monoisotopic (exact) mass is 561 g/mol. The number of ether oxygens (including phenoxy) is 2. The molecule has 4 aromatic rings. The zero-order valence-electron chi connectivity index (χ0n) is 21.3. The largest absolute Gasteiger partial charge is 0.490 e. The fraction of sp³-hybridized carbons (Fsp3) is 0.267. The van der Waals surface area contributed by atoms with Crippen molar-refractivity contribution in [1.29, 1.82) is 0 Å². The standard InChI is InChI=1S/C30H28BrNO5/c1-5-13-36-23-12-7-19(16-25(23)35-6-2)27-26-28(33)22-14-17(3)18(4)15-24(22)37-29(26)30(34)32(27)21-10-8-20(31)9-11-21/h7-12,14-16,27H,5-6,13H2,1-4H3. The Morgan fingerprint density at radius 1 is 0.919 bits per heavy atom. The number of nitrogens with zero attached hydrogens (tertiary/aromatic N) is 1. The van der Waals surface area contributed by atoms with Crippen LogP contribution >= 0.6 is 15.9 Å². The van der Waals surface area contributed by atoms with Gasteiger partial charge in [-0.15, -0.1) is 0 Å². The average molecular weight is 562 g/mol. The van der Waals surface area contributed by atoms with Crippen LogP contribution in [0.4, 0.5) is 5.69 Å². The number of aryl methyl sites for hydroxylation is 2. The molecule has 5 rings (SSSR count). The number of carbonyl (C=O) groups is 1. The molecule has 1 amide bonds. The van der Waals surface area contributed by atoms with Gasteiger partial charge in [-0.3, -0.25) is 14.5 Å². The Morgan fingerprint density at radius 3 is 2.35 bits per heavy atom. The van der Waals surface area contributed by atoms with Crippen LogP contribution in [0.5, 0.6) is 11.5 Å². The number of fused-ring (bicyclic) bond motifs is 2. The van der Waals surface area contributed by atoms with Crippen molar-refractivity contribution in [2.24, 2.45) is 0 Å². The lowest BCUT2D eigenvalue weighted by molar-refractivity contribution is 0.0971. The summed E-state index contributed by atoms with van der Waals surface area (Å²) in [6.45, 7) is 8.87. The van der Waals surface area contributed by atoms with Crippen molar-refractivity contribution in [3.8, 4) is 11.5 Å². The van der Waals surface area contributed by atoms with Gasteiger partial charge in [0.15, 0.2) is 16.9 Å². The molecule has 0 radical (unpaired) electrons. The van der Waals surface area contributed by atoms with E-state index < -0.39 is 6.04 Å². The van der Waals surface area contributed by atoms with Gasteiger partial charge in [-0.1, -0.05) is 28.9 Å². The molecule has 0 aliphatic carbocycles. The first-order chi connectivity index (χ1) is 17.8. The number of rotatable bonds is 7. The molecule has 0 spiro atoms. The van der Waals surface area contributed by atoms with Gasteiger partial charge >= 0.3 is 0 Å². The number of halogens is 1. The highest BCUT2D eigenvalue weighted by Crippen LogP contribution is 2.43. The van der Waals surface area contributed by atoms with Crippen LogP contribution in [0.3, 0.4) is 0 Å². The molecule has 37 heavy (non-hydrogen) atoms. The number of benzene rings is 3. The van der Waals surface area contributed by atoms with E-state index in [2.05, 4.69) is 15.9 Å². The number of hydrogen-bond donors (Lipinski definition) is 0. The molecule has 1 unspecified atom stereocenters. The minimum Gasteiger partial charge on any atom is -0.490 e. The average Bonchev–Trinajstić information content (AvgIpc) is 3.17. The van der Waals surface area contributed by atoms with E-state index in [9.17, 15) is 9.59 Å². The van der Waals surface area contributed by atoms with E-state index in [1.54, 1.807) is 4.90 Å². The Labute approximate surface area is 223 Å². The van der Waals surface area contributed by atoms with Gasteiger partial charge in [-0.25, -0.2) is 0 Å². The van der Waals surface area contributed by atoms with Gasteiger partial charge in [0.05, 0.1) is 30.2 Å². The normalized spacial score (nSPS) is 14.8. The SMILES string of the molecule is CCCOc1ccc(C2c3c(oc4cc(C)c(C)cc4c3=O)C(=O)N2c2ccc(Br)cc2)cc1OCC. The molecule has 2 heterocycles. The number of hydrogen-bond acceptors (Lipinski definition) is 5.